The van der Waals surface area contributed by atoms with E-state index in [4.69, 9.17) is 4.74 Å². The number of alkyl carbamates (subject to hydrolysis) is 1. The van der Waals surface area contributed by atoms with Gasteiger partial charge in [0.05, 0.1) is 0 Å². The third-order valence-corrected chi connectivity index (χ3v) is 7.01. The van der Waals surface area contributed by atoms with Gasteiger partial charge in [0.1, 0.15) is 12.6 Å². The third kappa shape index (κ3) is 4.93. The smallest absolute Gasteiger partial charge is 0.407 e. The van der Waals surface area contributed by atoms with Gasteiger partial charge in [-0.1, -0.05) is 55.5 Å². The van der Waals surface area contributed by atoms with Gasteiger partial charge < -0.3 is 20.1 Å². The Morgan fingerprint density at radius 1 is 1.09 bits per heavy atom. The van der Waals surface area contributed by atoms with Crippen LogP contribution in [0.4, 0.5) is 4.79 Å². The van der Waals surface area contributed by atoms with Crippen molar-refractivity contribution in [3.63, 3.8) is 0 Å². The van der Waals surface area contributed by atoms with Gasteiger partial charge in [-0.05, 0) is 54.4 Å². The zero-order valence-corrected chi connectivity index (χ0v) is 19.7. The molecule has 7 nitrogen and oxygen atoms in total. The van der Waals surface area contributed by atoms with Gasteiger partial charge in [-0.25, -0.2) is 9.59 Å². The summed E-state index contributed by atoms with van der Waals surface area (Å²) >= 11 is 0. The molecule has 7 heteroatoms. The lowest BCUT2D eigenvalue weighted by molar-refractivity contribution is -0.154. The average molecular weight is 465 g/mol. The number of hydrogen-bond donors (Lipinski definition) is 2. The Balaban J connectivity index is 1.28. The van der Waals surface area contributed by atoms with E-state index < -0.39 is 18.1 Å². The molecule has 0 saturated carbocycles. The van der Waals surface area contributed by atoms with Gasteiger partial charge in [-0.2, -0.15) is 0 Å². The van der Waals surface area contributed by atoms with Crippen LogP contribution in [0.1, 0.15) is 56.6 Å². The second kappa shape index (κ2) is 10.3. The summed E-state index contributed by atoms with van der Waals surface area (Å²) in [5.74, 6) is -1.21. The van der Waals surface area contributed by atoms with E-state index in [1.165, 1.54) is 16.0 Å². The topological polar surface area (TPSA) is 95.9 Å². The fourth-order valence-electron chi connectivity index (χ4n) is 5.24. The number of nitrogens with one attached hydrogen (secondary N) is 1. The maximum absolute atomic E-state index is 12.7. The van der Waals surface area contributed by atoms with Crippen molar-refractivity contribution in [2.24, 2.45) is 5.92 Å². The zero-order valence-electron chi connectivity index (χ0n) is 19.7. The first-order chi connectivity index (χ1) is 16.4. The molecule has 2 N–H and O–H groups in total. The highest BCUT2D eigenvalue weighted by molar-refractivity contribution is 5.84. The molecule has 0 bridgehead atoms. The lowest BCUT2D eigenvalue weighted by Gasteiger charge is -2.37. The summed E-state index contributed by atoms with van der Waals surface area (Å²) in [6, 6.07) is 15.3. The molecule has 1 saturated heterocycles. The number of carbonyl (C=O) groups is 3. The largest absolute Gasteiger partial charge is 0.480 e. The Hall–Kier alpha value is -3.35. The summed E-state index contributed by atoms with van der Waals surface area (Å²) in [6.45, 7) is 4.40. The Bertz CT molecular complexity index is 1020. The molecule has 3 unspecified atom stereocenters. The molecule has 1 heterocycles. The van der Waals surface area contributed by atoms with E-state index in [9.17, 15) is 19.5 Å². The number of fused-ring (bicyclic) bond motifs is 3. The molecule has 2 aromatic carbocycles. The molecule has 1 aliphatic heterocycles. The van der Waals surface area contributed by atoms with Crippen LogP contribution in [-0.2, 0) is 14.3 Å². The van der Waals surface area contributed by atoms with Crippen molar-refractivity contribution in [3.05, 3.63) is 59.7 Å². The van der Waals surface area contributed by atoms with Crippen LogP contribution in [0.5, 0.6) is 0 Å². The average Bonchev–Trinajstić information content (AvgIpc) is 3.14. The molecule has 4 rings (SSSR count). The molecule has 2 aliphatic rings. The second-order valence-electron chi connectivity index (χ2n) is 9.40. The van der Waals surface area contributed by atoms with Crippen LogP contribution in [0.3, 0.4) is 0 Å². The molecule has 1 aliphatic carbocycles. The Kier molecular flexibility index (Phi) is 7.20. The number of aliphatic carboxylic acids is 1. The first-order valence-electron chi connectivity index (χ1n) is 12.0. The van der Waals surface area contributed by atoms with Gasteiger partial charge in [-0.15, -0.1) is 0 Å². The number of carboxylic acid groups (broad SMARTS) is 1. The highest BCUT2D eigenvalue weighted by Crippen LogP contribution is 2.44. The fraction of sp³-hybridized carbons (Fsp3) is 0.444. The quantitative estimate of drug-likeness (QED) is 0.633. The van der Waals surface area contributed by atoms with Crippen LogP contribution in [-0.4, -0.2) is 53.2 Å². The standard InChI is InChI=1S/C27H32N2O5/c1-17-8-7-15-29(25(17)26(31)32)24(30)14-13-18(2)28-27(33)34-16-23-21-11-5-3-9-19(21)20-10-4-6-12-22(20)23/h3-6,9-12,17-18,23,25H,7-8,13-16H2,1-2H3,(H,28,33)(H,31,32). The SMILES string of the molecule is CC(CCC(=O)N1CCCC(C)C1C(=O)O)NC(=O)OCC1c2ccccc2-c2ccccc21. The van der Waals surface area contributed by atoms with Gasteiger partial charge in [0.2, 0.25) is 5.91 Å². The minimum atomic E-state index is -0.953. The first kappa shape index (κ1) is 23.8. The molecule has 180 valence electrons. The van der Waals surface area contributed by atoms with Crippen molar-refractivity contribution in [3.8, 4) is 11.1 Å². The monoisotopic (exact) mass is 464 g/mol. The summed E-state index contributed by atoms with van der Waals surface area (Å²) in [6.07, 6.45) is 1.70. The zero-order chi connectivity index (χ0) is 24.2. The summed E-state index contributed by atoms with van der Waals surface area (Å²) in [5, 5.41) is 12.3. The van der Waals surface area contributed by atoms with Crippen molar-refractivity contribution in [1.29, 1.82) is 0 Å². The van der Waals surface area contributed by atoms with Crippen molar-refractivity contribution >= 4 is 18.0 Å². The van der Waals surface area contributed by atoms with E-state index in [1.807, 2.05) is 38.1 Å². The number of benzene rings is 2. The molecule has 0 radical (unpaired) electrons. The molecular weight excluding hydrogens is 432 g/mol. The molecular formula is C27H32N2O5. The highest BCUT2D eigenvalue weighted by atomic mass is 16.5. The fourth-order valence-corrected chi connectivity index (χ4v) is 5.24. The molecule has 1 fully saturated rings. The van der Waals surface area contributed by atoms with Crippen LogP contribution in [0, 0.1) is 5.92 Å². The van der Waals surface area contributed by atoms with E-state index >= 15 is 0 Å². The minimum Gasteiger partial charge on any atom is -0.480 e. The Labute approximate surface area is 200 Å². The number of nitrogens with zero attached hydrogens (tertiary/aromatic N) is 1. The minimum absolute atomic E-state index is 0.0101. The summed E-state index contributed by atoms with van der Waals surface area (Å²) in [4.78, 5) is 38.3. The highest BCUT2D eigenvalue weighted by Gasteiger charge is 2.36. The van der Waals surface area contributed by atoms with Crippen molar-refractivity contribution in [1.82, 2.24) is 10.2 Å². The van der Waals surface area contributed by atoms with Gasteiger partial charge in [0.25, 0.3) is 0 Å². The van der Waals surface area contributed by atoms with E-state index in [0.29, 0.717) is 13.0 Å². The Morgan fingerprint density at radius 3 is 2.32 bits per heavy atom. The first-order valence-corrected chi connectivity index (χ1v) is 12.0. The molecule has 0 aromatic heterocycles. The number of piperidine rings is 1. The number of likely N-dealkylation sites (tertiary alicyclic amines) is 1. The number of carboxylic acids is 1. The second-order valence-corrected chi connectivity index (χ2v) is 9.40. The maximum atomic E-state index is 12.7. The normalized spacial score (nSPS) is 20.2. The van der Waals surface area contributed by atoms with Crippen LogP contribution >= 0.6 is 0 Å². The van der Waals surface area contributed by atoms with Crippen LogP contribution in [0.15, 0.2) is 48.5 Å². The van der Waals surface area contributed by atoms with Crippen LogP contribution in [0.2, 0.25) is 0 Å². The van der Waals surface area contributed by atoms with Crippen LogP contribution < -0.4 is 5.32 Å². The molecule has 2 aromatic rings. The predicted octanol–water partition coefficient (Wildman–Crippen LogP) is 4.41. The molecule has 0 spiro atoms. The number of hydrogen-bond acceptors (Lipinski definition) is 4. The summed E-state index contributed by atoms with van der Waals surface area (Å²) in [5.41, 5.74) is 4.65. The van der Waals surface area contributed by atoms with Gasteiger partial charge in [-0.3, -0.25) is 4.79 Å². The van der Waals surface area contributed by atoms with Gasteiger partial charge in [0.15, 0.2) is 0 Å². The van der Waals surface area contributed by atoms with E-state index in [0.717, 1.165) is 24.0 Å². The van der Waals surface area contributed by atoms with E-state index in [-0.39, 0.29) is 36.8 Å². The summed E-state index contributed by atoms with van der Waals surface area (Å²) in [7, 11) is 0. The van der Waals surface area contributed by atoms with E-state index in [1.54, 1.807) is 0 Å². The van der Waals surface area contributed by atoms with Crippen molar-refractivity contribution in [2.75, 3.05) is 13.2 Å². The lowest BCUT2D eigenvalue weighted by Crippen LogP contribution is -2.52. The number of amides is 2. The van der Waals surface area contributed by atoms with E-state index in [2.05, 4.69) is 29.6 Å². The summed E-state index contributed by atoms with van der Waals surface area (Å²) < 4.78 is 5.57. The van der Waals surface area contributed by atoms with Crippen molar-refractivity contribution < 1.29 is 24.2 Å². The predicted molar refractivity (Wildman–Crippen MR) is 128 cm³/mol. The maximum Gasteiger partial charge on any atom is 0.407 e. The Morgan fingerprint density at radius 2 is 1.71 bits per heavy atom. The van der Waals surface area contributed by atoms with Gasteiger partial charge >= 0.3 is 12.1 Å². The van der Waals surface area contributed by atoms with Gasteiger partial charge in [0, 0.05) is 24.9 Å². The molecule has 3 atom stereocenters. The van der Waals surface area contributed by atoms with Crippen LogP contribution in [0.25, 0.3) is 11.1 Å². The molecule has 34 heavy (non-hydrogen) atoms. The number of carbonyl (C=O) groups excluding carboxylic acids is 2. The van der Waals surface area contributed by atoms with Crippen molar-refractivity contribution in [2.45, 2.75) is 57.5 Å². The number of rotatable bonds is 7. The lowest BCUT2D eigenvalue weighted by atomic mass is 9.90. The number of ether oxygens (including phenoxy) is 1. The third-order valence-electron chi connectivity index (χ3n) is 7.01. The molecule has 2 amide bonds.